The molecule has 2 saturated heterocycles. The van der Waals surface area contributed by atoms with Gasteiger partial charge in [0, 0.05) is 25.6 Å². The molecule has 1 aromatic heterocycles. The molecule has 0 unspecified atom stereocenters. The summed E-state index contributed by atoms with van der Waals surface area (Å²) >= 11 is 0. The maximum absolute atomic E-state index is 12.8. The third-order valence-corrected chi connectivity index (χ3v) is 6.06. The predicted octanol–water partition coefficient (Wildman–Crippen LogP) is 1.30. The molecule has 3 fully saturated rings. The van der Waals surface area contributed by atoms with Crippen molar-refractivity contribution < 1.29 is 23.9 Å². The Kier molecular flexibility index (Phi) is 4.00. The number of aryl methyl sites for hydroxylation is 1. The number of amides is 2. The van der Waals surface area contributed by atoms with E-state index in [9.17, 15) is 19.5 Å². The average Bonchev–Trinajstić information content (AvgIpc) is 3.28. The summed E-state index contributed by atoms with van der Waals surface area (Å²) < 4.78 is 5.10. The van der Waals surface area contributed by atoms with Gasteiger partial charge in [0.2, 0.25) is 5.91 Å². The number of carboxylic acid groups (broad SMARTS) is 1. The zero-order valence-corrected chi connectivity index (χ0v) is 14.8. The number of likely N-dealkylation sites (tertiary alicyclic amines) is 2. The lowest BCUT2D eigenvalue weighted by Gasteiger charge is -2.39. The van der Waals surface area contributed by atoms with E-state index in [0.29, 0.717) is 31.8 Å². The first-order valence-electron chi connectivity index (χ1n) is 9.13. The van der Waals surface area contributed by atoms with Gasteiger partial charge >= 0.3 is 5.97 Å². The topological polar surface area (TPSA) is 104 Å². The van der Waals surface area contributed by atoms with Crippen LogP contribution >= 0.6 is 0 Å². The SMILES string of the molecule is Cc1ocnc1C(=O)N1CC2(CCN(C(=O)C3CC3)CC2)C[C@H]1C(=O)O. The summed E-state index contributed by atoms with van der Waals surface area (Å²) in [6.07, 6.45) is 5.07. The predicted molar refractivity (Wildman–Crippen MR) is 89.3 cm³/mol. The Bertz CT molecular complexity index is 746. The van der Waals surface area contributed by atoms with Gasteiger partial charge in [-0.15, -0.1) is 0 Å². The number of hydrogen-bond donors (Lipinski definition) is 1. The largest absolute Gasteiger partial charge is 0.480 e. The van der Waals surface area contributed by atoms with Crippen LogP contribution in [0.15, 0.2) is 10.8 Å². The van der Waals surface area contributed by atoms with Crippen molar-refractivity contribution in [2.75, 3.05) is 19.6 Å². The van der Waals surface area contributed by atoms with Gasteiger partial charge in [0.15, 0.2) is 12.1 Å². The van der Waals surface area contributed by atoms with Gasteiger partial charge in [-0.05, 0) is 44.4 Å². The summed E-state index contributed by atoms with van der Waals surface area (Å²) in [4.78, 5) is 44.1. The highest BCUT2D eigenvalue weighted by molar-refractivity contribution is 5.96. The summed E-state index contributed by atoms with van der Waals surface area (Å²) in [7, 11) is 0. The van der Waals surface area contributed by atoms with Crippen molar-refractivity contribution in [3.63, 3.8) is 0 Å². The van der Waals surface area contributed by atoms with Crippen molar-refractivity contribution in [1.29, 1.82) is 0 Å². The normalized spacial score (nSPS) is 24.9. The van der Waals surface area contributed by atoms with E-state index < -0.39 is 17.9 Å². The molecule has 1 aromatic rings. The number of nitrogens with zero attached hydrogens (tertiary/aromatic N) is 3. The van der Waals surface area contributed by atoms with E-state index in [1.807, 2.05) is 4.90 Å². The Balaban J connectivity index is 1.49. The van der Waals surface area contributed by atoms with E-state index >= 15 is 0 Å². The van der Waals surface area contributed by atoms with Gasteiger partial charge in [0.25, 0.3) is 5.91 Å². The Morgan fingerprint density at radius 1 is 1.27 bits per heavy atom. The first-order valence-corrected chi connectivity index (χ1v) is 9.13. The van der Waals surface area contributed by atoms with Gasteiger partial charge < -0.3 is 19.3 Å². The molecule has 0 bridgehead atoms. The van der Waals surface area contributed by atoms with Crippen molar-refractivity contribution in [3.8, 4) is 0 Å². The first-order chi connectivity index (χ1) is 12.4. The van der Waals surface area contributed by atoms with Crippen molar-refractivity contribution in [3.05, 3.63) is 17.8 Å². The van der Waals surface area contributed by atoms with Crippen LogP contribution in [0.1, 0.15) is 48.4 Å². The summed E-state index contributed by atoms with van der Waals surface area (Å²) in [5.74, 6) is -0.554. The number of rotatable bonds is 3. The highest BCUT2D eigenvalue weighted by atomic mass is 16.4. The average molecular weight is 361 g/mol. The minimum Gasteiger partial charge on any atom is -0.480 e. The van der Waals surface area contributed by atoms with E-state index in [2.05, 4.69) is 4.98 Å². The van der Waals surface area contributed by atoms with Crippen LogP contribution in [0.25, 0.3) is 0 Å². The molecule has 140 valence electrons. The van der Waals surface area contributed by atoms with E-state index in [1.165, 1.54) is 11.3 Å². The molecule has 0 radical (unpaired) electrons. The van der Waals surface area contributed by atoms with Gasteiger partial charge in [-0.25, -0.2) is 9.78 Å². The number of carbonyl (C=O) groups excluding carboxylic acids is 2. The van der Waals surface area contributed by atoms with Gasteiger partial charge in [-0.3, -0.25) is 9.59 Å². The number of aromatic nitrogens is 1. The number of aliphatic carboxylic acids is 1. The third-order valence-electron chi connectivity index (χ3n) is 6.06. The molecule has 2 aliphatic heterocycles. The molecule has 4 rings (SSSR count). The minimum atomic E-state index is -0.993. The fraction of sp³-hybridized carbons (Fsp3) is 0.667. The fourth-order valence-corrected chi connectivity index (χ4v) is 4.29. The molecule has 1 atom stereocenters. The molecule has 1 saturated carbocycles. The van der Waals surface area contributed by atoms with Gasteiger partial charge in [0.1, 0.15) is 11.8 Å². The number of piperidine rings is 1. The minimum absolute atomic E-state index is 0.176. The smallest absolute Gasteiger partial charge is 0.326 e. The lowest BCUT2D eigenvalue weighted by molar-refractivity contribution is -0.141. The van der Waals surface area contributed by atoms with E-state index in [0.717, 1.165) is 25.7 Å². The second-order valence-electron chi connectivity index (χ2n) is 7.85. The molecular weight excluding hydrogens is 338 g/mol. The maximum atomic E-state index is 12.8. The molecule has 2 amide bonds. The monoisotopic (exact) mass is 361 g/mol. The third kappa shape index (κ3) is 2.87. The molecule has 1 N–H and O–H groups in total. The second-order valence-corrected chi connectivity index (χ2v) is 7.85. The van der Waals surface area contributed by atoms with E-state index in [-0.39, 0.29) is 22.9 Å². The Hall–Kier alpha value is -2.38. The highest BCUT2D eigenvalue weighted by Crippen LogP contribution is 2.45. The Labute approximate surface area is 151 Å². The standard InChI is InChI=1S/C18H23N3O5/c1-11-14(19-10-26-11)16(23)21-9-18(8-13(21)17(24)25)4-6-20(7-5-18)15(22)12-2-3-12/h10,12-13H,2-9H2,1H3,(H,24,25)/t13-/m0/s1. The van der Waals surface area contributed by atoms with E-state index in [4.69, 9.17) is 4.42 Å². The maximum Gasteiger partial charge on any atom is 0.326 e. The Morgan fingerprint density at radius 2 is 1.96 bits per heavy atom. The lowest BCUT2D eigenvalue weighted by Crippen LogP contribution is -2.45. The van der Waals surface area contributed by atoms with Crippen molar-refractivity contribution in [2.24, 2.45) is 11.3 Å². The zero-order chi connectivity index (χ0) is 18.5. The fourth-order valence-electron chi connectivity index (χ4n) is 4.29. The summed E-state index contributed by atoms with van der Waals surface area (Å²) in [6.45, 7) is 3.32. The molecule has 0 aromatic carbocycles. The molecule has 8 heteroatoms. The number of carboxylic acids is 1. The van der Waals surface area contributed by atoms with Crippen LogP contribution in [-0.2, 0) is 9.59 Å². The second kappa shape index (κ2) is 6.10. The van der Waals surface area contributed by atoms with Crippen molar-refractivity contribution in [1.82, 2.24) is 14.8 Å². The van der Waals surface area contributed by atoms with Gasteiger partial charge in [-0.1, -0.05) is 0 Å². The zero-order valence-electron chi connectivity index (χ0n) is 14.8. The molecule has 26 heavy (non-hydrogen) atoms. The summed E-state index contributed by atoms with van der Waals surface area (Å²) in [5.41, 5.74) is -0.0638. The van der Waals surface area contributed by atoms with Crippen LogP contribution < -0.4 is 0 Å². The highest BCUT2D eigenvalue weighted by Gasteiger charge is 2.51. The van der Waals surface area contributed by atoms with Crippen molar-refractivity contribution in [2.45, 2.75) is 45.1 Å². The molecule has 8 nitrogen and oxygen atoms in total. The van der Waals surface area contributed by atoms with Crippen LogP contribution in [0.4, 0.5) is 0 Å². The molecule has 1 aliphatic carbocycles. The lowest BCUT2D eigenvalue weighted by atomic mass is 9.76. The molecule has 3 aliphatic rings. The molecule has 1 spiro atoms. The van der Waals surface area contributed by atoms with Crippen LogP contribution in [0, 0.1) is 18.3 Å². The first kappa shape index (κ1) is 17.1. The van der Waals surface area contributed by atoms with Crippen LogP contribution in [0.5, 0.6) is 0 Å². The van der Waals surface area contributed by atoms with E-state index in [1.54, 1.807) is 6.92 Å². The number of hydrogen-bond acceptors (Lipinski definition) is 5. The summed E-state index contributed by atoms with van der Waals surface area (Å²) in [6, 6.07) is -0.857. The summed E-state index contributed by atoms with van der Waals surface area (Å²) in [5, 5.41) is 9.63. The van der Waals surface area contributed by atoms with Crippen LogP contribution in [0.2, 0.25) is 0 Å². The van der Waals surface area contributed by atoms with Gasteiger partial charge in [-0.2, -0.15) is 0 Å². The van der Waals surface area contributed by atoms with Crippen molar-refractivity contribution >= 4 is 17.8 Å². The van der Waals surface area contributed by atoms with Crippen LogP contribution in [0.3, 0.4) is 0 Å². The molecule has 3 heterocycles. The Morgan fingerprint density at radius 3 is 2.50 bits per heavy atom. The van der Waals surface area contributed by atoms with Crippen LogP contribution in [-0.4, -0.2) is 63.4 Å². The number of oxazole rings is 1. The quantitative estimate of drug-likeness (QED) is 0.870. The van der Waals surface area contributed by atoms with Gasteiger partial charge in [0.05, 0.1) is 0 Å². The molecular formula is C18H23N3O5. The number of carbonyl (C=O) groups is 3.